The molecule has 9 heavy (non-hydrogen) atoms. The maximum absolute atomic E-state index is 9.06. The number of rotatable bonds is 2. The molecule has 52 valence electrons. The summed E-state index contributed by atoms with van der Waals surface area (Å²) in [5.41, 5.74) is 5.19. The van der Waals surface area contributed by atoms with Gasteiger partial charge in [0.15, 0.2) is 0 Å². The second kappa shape index (κ2) is 2.96. The molecule has 0 spiro atoms. The molecule has 0 radical (unpaired) electrons. The number of nitrogens with two attached hydrogens (primary N) is 1. The van der Waals surface area contributed by atoms with Gasteiger partial charge in [-0.05, 0) is 0 Å². The molecule has 0 saturated carbocycles. The van der Waals surface area contributed by atoms with Crippen molar-refractivity contribution in [1.82, 2.24) is 0 Å². The first kappa shape index (κ1) is 6.74. The van der Waals surface area contributed by atoms with Crippen molar-refractivity contribution in [2.24, 2.45) is 5.73 Å². The van der Waals surface area contributed by atoms with Gasteiger partial charge in [0.05, 0.1) is 12.7 Å². The quantitative estimate of drug-likeness (QED) is 0.483. The van der Waals surface area contributed by atoms with Crippen molar-refractivity contribution in [2.75, 3.05) is 13.2 Å². The fourth-order valence-corrected chi connectivity index (χ4v) is 0.785. The molecule has 1 heterocycles. The zero-order valence-electron chi connectivity index (χ0n) is 5.16. The molecule has 0 aromatic rings. The molecule has 0 aliphatic carbocycles. The van der Waals surface area contributed by atoms with Gasteiger partial charge in [0, 0.05) is 6.54 Å². The topological polar surface area (TPSA) is 55.5 Å². The Hall–Kier alpha value is -0.380. The standard InChI is InChI=1S/C6H11NO2/c7-4-5(8)6-2-1-3-9-6/h1-2,5-6,8H,3-4,7H2/t5?,6-/m0/s1. The van der Waals surface area contributed by atoms with Crippen LogP contribution in [0, 0.1) is 0 Å². The SMILES string of the molecule is NCC(O)[C@@H]1C=CCO1. The van der Waals surface area contributed by atoms with Crippen LogP contribution in [0.4, 0.5) is 0 Å². The van der Waals surface area contributed by atoms with Crippen LogP contribution in [-0.4, -0.2) is 30.5 Å². The number of aliphatic hydroxyl groups excluding tert-OH is 1. The third-order valence-electron chi connectivity index (χ3n) is 1.33. The maximum atomic E-state index is 9.06. The van der Waals surface area contributed by atoms with Gasteiger partial charge >= 0.3 is 0 Å². The normalized spacial score (nSPS) is 28.9. The fraction of sp³-hybridized carbons (Fsp3) is 0.667. The average Bonchev–Trinajstić information content (AvgIpc) is 2.37. The van der Waals surface area contributed by atoms with Crippen LogP contribution >= 0.6 is 0 Å². The van der Waals surface area contributed by atoms with Gasteiger partial charge in [0.1, 0.15) is 6.10 Å². The van der Waals surface area contributed by atoms with Gasteiger partial charge in [-0.15, -0.1) is 0 Å². The first-order valence-electron chi connectivity index (χ1n) is 3.01. The van der Waals surface area contributed by atoms with Crippen molar-refractivity contribution in [1.29, 1.82) is 0 Å². The Bertz CT molecular complexity index is 114. The van der Waals surface area contributed by atoms with E-state index in [1.807, 2.05) is 12.2 Å². The summed E-state index contributed by atoms with van der Waals surface area (Å²) in [7, 11) is 0. The third kappa shape index (κ3) is 1.51. The van der Waals surface area contributed by atoms with Gasteiger partial charge in [0.2, 0.25) is 0 Å². The number of hydrogen-bond acceptors (Lipinski definition) is 3. The van der Waals surface area contributed by atoms with Crippen LogP contribution < -0.4 is 5.73 Å². The monoisotopic (exact) mass is 129 g/mol. The van der Waals surface area contributed by atoms with E-state index in [2.05, 4.69) is 0 Å². The van der Waals surface area contributed by atoms with E-state index in [4.69, 9.17) is 15.6 Å². The minimum absolute atomic E-state index is 0.171. The Morgan fingerprint density at radius 3 is 3.11 bits per heavy atom. The highest BCUT2D eigenvalue weighted by atomic mass is 16.5. The van der Waals surface area contributed by atoms with E-state index in [0.29, 0.717) is 6.61 Å². The summed E-state index contributed by atoms with van der Waals surface area (Å²) in [6.07, 6.45) is 3.00. The molecule has 1 rings (SSSR count). The Balaban J connectivity index is 2.33. The van der Waals surface area contributed by atoms with Crippen LogP contribution in [-0.2, 0) is 4.74 Å². The first-order valence-corrected chi connectivity index (χ1v) is 3.01. The molecule has 1 aliphatic rings. The van der Waals surface area contributed by atoms with E-state index in [0.717, 1.165) is 0 Å². The Labute approximate surface area is 54.1 Å². The van der Waals surface area contributed by atoms with E-state index in [-0.39, 0.29) is 12.6 Å². The largest absolute Gasteiger partial charge is 0.389 e. The van der Waals surface area contributed by atoms with Gasteiger partial charge in [-0.1, -0.05) is 12.2 Å². The lowest BCUT2D eigenvalue weighted by Gasteiger charge is -2.13. The third-order valence-corrected chi connectivity index (χ3v) is 1.33. The minimum atomic E-state index is -0.538. The number of hydrogen-bond donors (Lipinski definition) is 2. The van der Waals surface area contributed by atoms with Gasteiger partial charge in [-0.3, -0.25) is 0 Å². The van der Waals surface area contributed by atoms with E-state index in [1.165, 1.54) is 0 Å². The van der Waals surface area contributed by atoms with Crippen molar-refractivity contribution in [2.45, 2.75) is 12.2 Å². The molecule has 3 heteroatoms. The molecule has 1 aliphatic heterocycles. The number of aliphatic hydroxyl groups is 1. The van der Waals surface area contributed by atoms with E-state index in [1.54, 1.807) is 0 Å². The van der Waals surface area contributed by atoms with Gasteiger partial charge in [-0.2, -0.15) is 0 Å². The highest BCUT2D eigenvalue weighted by Crippen LogP contribution is 2.06. The lowest BCUT2D eigenvalue weighted by Crippen LogP contribution is -2.32. The van der Waals surface area contributed by atoms with Crippen LogP contribution in [0.3, 0.4) is 0 Å². The minimum Gasteiger partial charge on any atom is -0.389 e. The molecule has 2 atom stereocenters. The van der Waals surface area contributed by atoms with Crippen molar-refractivity contribution < 1.29 is 9.84 Å². The van der Waals surface area contributed by atoms with Crippen molar-refractivity contribution in [3.8, 4) is 0 Å². The predicted molar refractivity (Wildman–Crippen MR) is 33.9 cm³/mol. The van der Waals surface area contributed by atoms with Gasteiger partial charge in [0.25, 0.3) is 0 Å². The van der Waals surface area contributed by atoms with Crippen LogP contribution in [0.5, 0.6) is 0 Å². The van der Waals surface area contributed by atoms with Crippen LogP contribution in [0.15, 0.2) is 12.2 Å². The summed E-state index contributed by atoms with van der Waals surface area (Å²) < 4.78 is 5.06. The molecule has 0 amide bonds. The predicted octanol–water partition coefficient (Wildman–Crippen LogP) is -0.739. The van der Waals surface area contributed by atoms with E-state index >= 15 is 0 Å². The molecule has 0 bridgehead atoms. The average molecular weight is 129 g/mol. The molecular formula is C6H11NO2. The van der Waals surface area contributed by atoms with Crippen molar-refractivity contribution >= 4 is 0 Å². The second-order valence-electron chi connectivity index (χ2n) is 2.03. The molecular weight excluding hydrogens is 118 g/mol. The molecule has 3 nitrogen and oxygen atoms in total. The van der Waals surface area contributed by atoms with Crippen LogP contribution in [0.1, 0.15) is 0 Å². The van der Waals surface area contributed by atoms with Crippen molar-refractivity contribution in [3.63, 3.8) is 0 Å². The zero-order valence-corrected chi connectivity index (χ0v) is 5.16. The molecule has 0 saturated heterocycles. The summed E-state index contributed by atoms with van der Waals surface area (Å²) in [6, 6.07) is 0. The summed E-state index contributed by atoms with van der Waals surface area (Å²) in [5, 5.41) is 9.06. The fourth-order valence-electron chi connectivity index (χ4n) is 0.785. The van der Waals surface area contributed by atoms with Gasteiger partial charge in [-0.25, -0.2) is 0 Å². The van der Waals surface area contributed by atoms with Crippen LogP contribution in [0.25, 0.3) is 0 Å². The first-order chi connectivity index (χ1) is 4.34. The lowest BCUT2D eigenvalue weighted by molar-refractivity contribution is 0.0185. The highest BCUT2D eigenvalue weighted by molar-refractivity contribution is 4.99. The Morgan fingerprint density at radius 2 is 2.67 bits per heavy atom. The molecule has 3 N–H and O–H groups in total. The maximum Gasteiger partial charge on any atom is 0.103 e. The smallest absolute Gasteiger partial charge is 0.103 e. The van der Waals surface area contributed by atoms with Crippen LogP contribution in [0.2, 0.25) is 0 Å². The summed E-state index contributed by atoms with van der Waals surface area (Å²) >= 11 is 0. The molecule has 1 unspecified atom stereocenters. The number of ether oxygens (including phenoxy) is 1. The molecule has 0 aromatic heterocycles. The summed E-state index contributed by atoms with van der Waals surface area (Å²) in [5.74, 6) is 0. The zero-order chi connectivity index (χ0) is 6.69. The summed E-state index contributed by atoms with van der Waals surface area (Å²) in [4.78, 5) is 0. The van der Waals surface area contributed by atoms with Crippen molar-refractivity contribution in [3.05, 3.63) is 12.2 Å². The van der Waals surface area contributed by atoms with E-state index < -0.39 is 6.10 Å². The molecule has 0 fully saturated rings. The molecule has 0 aromatic carbocycles. The van der Waals surface area contributed by atoms with E-state index in [9.17, 15) is 0 Å². The highest BCUT2D eigenvalue weighted by Gasteiger charge is 2.17. The lowest BCUT2D eigenvalue weighted by atomic mass is 10.2. The Morgan fingerprint density at radius 1 is 1.89 bits per heavy atom. The Kier molecular flexibility index (Phi) is 2.22. The summed E-state index contributed by atoms with van der Waals surface area (Å²) in [6.45, 7) is 0.858. The second-order valence-corrected chi connectivity index (χ2v) is 2.03. The van der Waals surface area contributed by atoms with Gasteiger partial charge < -0.3 is 15.6 Å².